The predicted octanol–water partition coefficient (Wildman–Crippen LogP) is -1.04. The summed E-state index contributed by atoms with van der Waals surface area (Å²) < 4.78 is 20.3. The molecule has 2 aromatic heterocycles. The molecule has 0 spiro atoms. The van der Waals surface area contributed by atoms with Crippen molar-refractivity contribution in [2.45, 2.75) is 17.9 Å². The Balaban J connectivity index is 2.12. The molecule has 0 saturated carbocycles. The first-order chi connectivity index (χ1) is 10.6. The maximum Gasteiger partial charge on any atom is 0.278 e. The van der Waals surface area contributed by atoms with Gasteiger partial charge in [-0.15, -0.1) is 6.42 Å². The Morgan fingerprint density at radius 3 is 3.00 bits per heavy atom. The van der Waals surface area contributed by atoms with Crippen molar-refractivity contribution in [1.82, 2.24) is 19.5 Å². The first-order valence-corrected chi connectivity index (χ1v) is 6.48. The number of aromatic nitrogens is 4. The van der Waals surface area contributed by atoms with Gasteiger partial charge in [0.25, 0.3) is 5.56 Å². The van der Waals surface area contributed by atoms with Crippen LogP contribution in [0, 0.1) is 18.3 Å². The van der Waals surface area contributed by atoms with Crippen molar-refractivity contribution in [3.8, 4) is 12.3 Å². The van der Waals surface area contributed by atoms with Gasteiger partial charge in [-0.05, 0) is 0 Å². The molecule has 22 heavy (non-hydrogen) atoms. The van der Waals surface area contributed by atoms with Crippen molar-refractivity contribution in [3.05, 3.63) is 23.0 Å². The molecule has 2 aromatic rings. The van der Waals surface area contributed by atoms with Crippen molar-refractivity contribution in [2.75, 3.05) is 13.3 Å². The maximum absolute atomic E-state index is 13.4. The van der Waals surface area contributed by atoms with Gasteiger partial charge in [-0.1, -0.05) is 5.92 Å². The van der Waals surface area contributed by atoms with E-state index in [-0.39, 0.29) is 11.2 Å². The summed E-state index contributed by atoms with van der Waals surface area (Å²) in [4.78, 5) is 21.9. The van der Waals surface area contributed by atoms with Gasteiger partial charge in [-0.25, -0.2) is 9.97 Å². The second kappa shape index (κ2) is 5.17. The van der Waals surface area contributed by atoms with E-state index in [4.69, 9.17) is 11.2 Å². The number of ether oxygens (including phenoxy) is 1. The summed E-state index contributed by atoms with van der Waals surface area (Å²) in [6.07, 6.45) is 5.32. The summed E-state index contributed by atoms with van der Waals surface area (Å²) in [6.45, 7) is -1.60. The van der Waals surface area contributed by atoms with Crippen molar-refractivity contribution in [3.63, 3.8) is 0 Å². The Labute approximate surface area is 123 Å². The van der Waals surface area contributed by atoms with Crippen LogP contribution in [0.1, 0.15) is 6.23 Å². The highest BCUT2D eigenvalue weighted by atomic mass is 19.1. The number of rotatable bonds is 3. The normalized spacial score (nSPS) is 31.5. The van der Waals surface area contributed by atoms with Crippen LogP contribution in [0.4, 0.5) is 4.39 Å². The molecule has 0 bridgehead atoms. The minimum absolute atomic E-state index is 0.0559. The quantitative estimate of drug-likeness (QED) is 0.624. The zero-order valence-electron chi connectivity index (χ0n) is 11.3. The molecule has 116 valence electrons. The predicted molar refractivity (Wildman–Crippen MR) is 72.4 cm³/mol. The number of halogens is 1. The van der Waals surface area contributed by atoms with E-state index in [1.54, 1.807) is 0 Å². The molecule has 3 rings (SSSR count). The lowest BCUT2D eigenvalue weighted by atomic mass is 9.91. The molecule has 0 aromatic carbocycles. The number of nitrogens with one attached hydrogen (secondary N) is 1. The molecule has 1 fully saturated rings. The number of alkyl halides is 1. The summed E-state index contributed by atoms with van der Waals surface area (Å²) in [7, 11) is 0. The second-order valence-electron chi connectivity index (χ2n) is 5.02. The summed E-state index contributed by atoms with van der Waals surface area (Å²) in [5.74, 6) is 1.16. The van der Waals surface area contributed by atoms with Gasteiger partial charge in [0.1, 0.15) is 12.3 Å². The molecule has 0 radical (unpaired) electrons. The minimum Gasteiger partial charge on any atom is -0.392 e. The molecule has 3 N–H and O–H groups in total. The van der Waals surface area contributed by atoms with Crippen LogP contribution in [0.5, 0.6) is 0 Å². The van der Waals surface area contributed by atoms with Crippen LogP contribution in [0.15, 0.2) is 17.4 Å². The topological polar surface area (TPSA) is 113 Å². The summed E-state index contributed by atoms with van der Waals surface area (Å²) in [5.41, 5.74) is -1.94. The van der Waals surface area contributed by atoms with E-state index in [0.29, 0.717) is 0 Å². The lowest BCUT2D eigenvalue weighted by Crippen LogP contribution is -2.43. The standard InChI is InChI=1S/C13H13FN4O4/c1-2-13(4-19)9(20)7(3-14)12(22-13)18-6-17-8-10(18)15-5-16-11(8)21/h1,5-7,9,12,19-20H,3-4H2,(H,15,16,21)/t7-,9-,12+,13+/m0/s1. The molecule has 0 unspecified atom stereocenters. The Kier molecular flexibility index (Phi) is 3.44. The Hall–Kier alpha value is -2.28. The summed E-state index contributed by atoms with van der Waals surface area (Å²) in [6, 6.07) is 0. The Morgan fingerprint density at radius 2 is 2.36 bits per heavy atom. The van der Waals surface area contributed by atoms with Crippen LogP contribution in [-0.2, 0) is 4.74 Å². The zero-order valence-corrected chi connectivity index (χ0v) is 11.3. The first kappa shape index (κ1) is 14.6. The molecule has 9 heteroatoms. The zero-order chi connectivity index (χ0) is 15.9. The minimum atomic E-state index is -1.71. The molecule has 8 nitrogen and oxygen atoms in total. The number of aliphatic hydroxyl groups is 2. The van der Waals surface area contributed by atoms with Gasteiger partial charge < -0.3 is 19.9 Å². The van der Waals surface area contributed by atoms with E-state index < -0.39 is 42.7 Å². The van der Waals surface area contributed by atoms with Crippen LogP contribution in [0.2, 0.25) is 0 Å². The van der Waals surface area contributed by atoms with Crippen LogP contribution in [0.3, 0.4) is 0 Å². The van der Waals surface area contributed by atoms with E-state index in [2.05, 4.69) is 20.9 Å². The molecular formula is C13H13FN4O4. The summed E-state index contributed by atoms with van der Waals surface area (Å²) in [5, 5.41) is 19.6. The van der Waals surface area contributed by atoms with Gasteiger partial charge in [-0.2, -0.15) is 0 Å². The Bertz CT molecular complexity index is 797. The smallest absolute Gasteiger partial charge is 0.278 e. The largest absolute Gasteiger partial charge is 0.392 e. The van der Waals surface area contributed by atoms with Crippen LogP contribution in [0.25, 0.3) is 11.2 Å². The van der Waals surface area contributed by atoms with E-state index in [0.717, 1.165) is 0 Å². The molecule has 0 amide bonds. The number of H-pyrrole nitrogens is 1. The van der Waals surface area contributed by atoms with E-state index >= 15 is 0 Å². The fourth-order valence-electron chi connectivity index (χ4n) is 2.64. The third-order valence-electron chi connectivity index (χ3n) is 3.88. The van der Waals surface area contributed by atoms with E-state index in [9.17, 15) is 19.4 Å². The fraction of sp³-hybridized carbons (Fsp3) is 0.462. The van der Waals surface area contributed by atoms with Gasteiger partial charge in [0.15, 0.2) is 16.8 Å². The molecule has 1 aliphatic rings. The van der Waals surface area contributed by atoms with Crippen molar-refractivity contribution in [1.29, 1.82) is 0 Å². The highest BCUT2D eigenvalue weighted by Gasteiger charge is 2.54. The van der Waals surface area contributed by atoms with Crippen LogP contribution in [-0.4, -0.2) is 54.7 Å². The average molecular weight is 308 g/mol. The SMILES string of the molecule is C#C[C@]1(CO)O[C@@H](n2cnc3c(=O)[nH]cnc32)[C@@H](CF)[C@@H]1O. The molecule has 1 saturated heterocycles. The maximum atomic E-state index is 13.4. The number of aliphatic hydroxyl groups excluding tert-OH is 2. The van der Waals surface area contributed by atoms with Gasteiger partial charge in [0.05, 0.1) is 31.9 Å². The monoisotopic (exact) mass is 308 g/mol. The number of nitrogens with zero attached hydrogens (tertiary/aromatic N) is 3. The number of aromatic amines is 1. The Morgan fingerprint density at radius 1 is 1.59 bits per heavy atom. The van der Waals surface area contributed by atoms with Crippen molar-refractivity contribution >= 4 is 11.2 Å². The number of fused-ring (bicyclic) bond motifs is 1. The van der Waals surface area contributed by atoms with Gasteiger partial charge >= 0.3 is 0 Å². The highest BCUT2D eigenvalue weighted by molar-refractivity contribution is 5.68. The van der Waals surface area contributed by atoms with Gasteiger partial charge in [-0.3, -0.25) is 13.8 Å². The van der Waals surface area contributed by atoms with E-state index in [1.807, 2.05) is 0 Å². The second-order valence-corrected chi connectivity index (χ2v) is 5.02. The number of hydrogen-bond acceptors (Lipinski definition) is 6. The number of terminal acetylenes is 1. The van der Waals surface area contributed by atoms with Crippen LogP contribution < -0.4 is 5.56 Å². The van der Waals surface area contributed by atoms with Crippen molar-refractivity contribution < 1.29 is 19.3 Å². The fourth-order valence-corrected chi connectivity index (χ4v) is 2.64. The molecule has 1 aliphatic heterocycles. The molecular weight excluding hydrogens is 295 g/mol. The lowest BCUT2D eigenvalue weighted by Gasteiger charge is -2.23. The van der Waals surface area contributed by atoms with Crippen LogP contribution >= 0.6 is 0 Å². The highest BCUT2D eigenvalue weighted by Crippen LogP contribution is 2.42. The molecule has 4 atom stereocenters. The van der Waals surface area contributed by atoms with E-state index in [1.165, 1.54) is 17.2 Å². The molecule has 0 aliphatic carbocycles. The summed E-state index contributed by atoms with van der Waals surface area (Å²) >= 11 is 0. The average Bonchev–Trinajstić information content (AvgIpc) is 3.07. The van der Waals surface area contributed by atoms with Crippen molar-refractivity contribution in [2.24, 2.45) is 5.92 Å². The lowest BCUT2D eigenvalue weighted by molar-refractivity contribution is -0.0899. The number of hydrogen-bond donors (Lipinski definition) is 3. The molecule has 3 heterocycles. The van der Waals surface area contributed by atoms with Gasteiger partial charge in [0, 0.05) is 0 Å². The first-order valence-electron chi connectivity index (χ1n) is 6.48. The number of imidazole rings is 1. The third kappa shape index (κ3) is 1.85. The third-order valence-corrected chi connectivity index (χ3v) is 3.88. The van der Waals surface area contributed by atoms with Gasteiger partial charge in [0.2, 0.25) is 0 Å².